The van der Waals surface area contributed by atoms with Crippen LogP contribution in [0.3, 0.4) is 0 Å². The van der Waals surface area contributed by atoms with Crippen molar-refractivity contribution < 1.29 is 19.4 Å². The van der Waals surface area contributed by atoms with Crippen LogP contribution in [0.1, 0.15) is 12.8 Å². The molecule has 1 aliphatic heterocycles. The normalized spacial score (nSPS) is 31.5. The van der Waals surface area contributed by atoms with Gasteiger partial charge in [-0.25, -0.2) is 9.59 Å². The zero-order chi connectivity index (χ0) is 11.7. The predicted octanol–water partition coefficient (Wildman–Crippen LogP) is 1.10. The lowest BCUT2D eigenvalue weighted by atomic mass is 9.73. The van der Waals surface area contributed by atoms with Gasteiger partial charge in [0.2, 0.25) is 0 Å². The summed E-state index contributed by atoms with van der Waals surface area (Å²) in [5.74, 6) is -0.464. The van der Waals surface area contributed by atoms with Crippen molar-refractivity contribution in [3.05, 3.63) is 12.7 Å². The first-order chi connectivity index (χ1) is 7.65. The number of ether oxygens (including phenoxy) is 1. The molecule has 3 atom stereocenters. The van der Waals surface area contributed by atoms with E-state index in [-0.39, 0.29) is 12.5 Å². The van der Waals surface area contributed by atoms with Gasteiger partial charge >= 0.3 is 12.1 Å². The van der Waals surface area contributed by atoms with Crippen LogP contribution in [0.15, 0.2) is 12.7 Å². The third-order valence-electron chi connectivity index (χ3n) is 3.46. The molecule has 0 radical (unpaired) electrons. The van der Waals surface area contributed by atoms with Crippen molar-refractivity contribution in [2.45, 2.75) is 18.9 Å². The van der Waals surface area contributed by atoms with Gasteiger partial charge in [-0.1, -0.05) is 12.7 Å². The van der Waals surface area contributed by atoms with Crippen LogP contribution in [-0.4, -0.2) is 41.3 Å². The molecule has 0 spiro atoms. The molecule has 1 saturated heterocycles. The Morgan fingerprint density at radius 1 is 1.50 bits per heavy atom. The molecule has 88 valence electrons. The number of amides is 1. The van der Waals surface area contributed by atoms with Gasteiger partial charge in [-0.05, 0) is 24.7 Å². The Bertz CT molecular complexity index is 328. The maximum absolute atomic E-state index is 11.6. The third kappa shape index (κ3) is 1.66. The SMILES string of the molecule is C=CCOC(=O)N1C[C@@H]2CC[C@@H]2[C@H]1C(=O)O. The minimum Gasteiger partial charge on any atom is -0.480 e. The number of fused-ring (bicyclic) bond motifs is 1. The summed E-state index contributed by atoms with van der Waals surface area (Å²) in [7, 11) is 0. The van der Waals surface area contributed by atoms with Gasteiger partial charge in [0, 0.05) is 6.54 Å². The Morgan fingerprint density at radius 3 is 2.75 bits per heavy atom. The summed E-state index contributed by atoms with van der Waals surface area (Å²) in [6, 6.07) is -0.698. The molecule has 0 aromatic carbocycles. The Balaban J connectivity index is 2.04. The van der Waals surface area contributed by atoms with Gasteiger partial charge in [0.05, 0.1) is 0 Å². The lowest BCUT2D eigenvalue weighted by Crippen LogP contribution is -2.44. The topological polar surface area (TPSA) is 66.8 Å². The van der Waals surface area contributed by atoms with Crippen molar-refractivity contribution >= 4 is 12.1 Å². The Hall–Kier alpha value is -1.52. The quantitative estimate of drug-likeness (QED) is 0.730. The molecular weight excluding hydrogens is 210 g/mol. The summed E-state index contributed by atoms with van der Waals surface area (Å²) in [5, 5.41) is 9.11. The van der Waals surface area contributed by atoms with Crippen molar-refractivity contribution in [3.63, 3.8) is 0 Å². The summed E-state index contributed by atoms with van der Waals surface area (Å²) in [4.78, 5) is 24.1. The number of likely N-dealkylation sites (tertiary alicyclic amines) is 1. The molecule has 0 aromatic heterocycles. The highest BCUT2D eigenvalue weighted by atomic mass is 16.6. The number of aliphatic carboxylic acids is 1. The lowest BCUT2D eigenvalue weighted by Gasteiger charge is -2.30. The maximum atomic E-state index is 11.6. The smallest absolute Gasteiger partial charge is 0.410 e. The fraction of sp³-hybridized carbons (Fsp3) is 0.636. The van der Waals surface area contributed by atoms with Crippen LogP contribution < -0.4 is 0 Å². The molecule has 1 heterocycles. The number of carbonyl (C=O) groups excluding carboxylic acids is 1. The van der Waals surface area contributed by atoms with E-state index in [0.29, 0.717) is 12.5 Å². The molecule has 2 rings (SSSR count). The van der Waals surface area contributed by atoms with Gasteiger partial charge in [0.1, 0.15) is 12.6 Å². The zero-order valence-electron chi connectivity index (χ0n) is 8.96. The minimum absolute atomic E-state index is 0.119. The van der Waals surface area contributed by atoms with E-state index < -0.39 is 18.1 Å². The maximum Gasteiger partial charge on any atom is 0.410 e. The van der Waals surface area contributed by atoms with Crippen molar-refractivity contribution in [1.29, 1.82) is 0 Å². The Kier molecular flexibility index (Phi) is 2.85. The van der Waals surface area contributed by atoms with Crippen LogP contribution in [0.25, 0.3) is 0 Å². The second-order valence-corrected chi connectivity index (χ2v) is 4.30. The molecule has 16 heavy (non-hydrogen) atoms. The van der Waals surface area contributed by atoms with E-state index in [4.69, 9.17) is 9.84 Å². The molecule has 5 heteroatoms. The van der Waals surface area contributed by atoms with E-state index >= 15 is 0 Å². The van der Waals surface area contributed by atoms with Gasteiger partial charge in [-0.3, -0.25) is 4.90 Å². The van der Waals surface area contributed by atoms with E-state index in [1.807, 2.05) is 0 Å². The van der Waals surface area contributed by atoms with Crippen LogP contribution in [0.4, 0.5) is 4.79 Å². The monoisotopic (exact) mass is 225 g/mol. The van der Waals surface area contributed by atoms with Gasteiger partial charge < -0.3 is 9.84 Å². The standard InChI is InChI=1S/C11H15NO4/c1-2-5-16-11(15)12-6-7-3-4-8(7)9(12)10(13)14/h2,7-9H,1,3-6H2,(H,13,14)/t7-,8-,9-/m0/s1. The van der Waals surface area contributed by atoms with Crippen LogP contribution in [0, 0.1) is 11.8 Å². The number of carboxylic acid groups (broad SMARTS) is 1. The lowest BCUT2D eigenvalue weighted by molar-refractivity contribution is -0.143. The molecule has 1 amide bonds. The van der Waals surface area contributed by atoms with Gasteiger partial charge in [-0.15, -0.1) is 0 Å². The van der Waals surface area contributed by atoms with Crippen LogP contribution >= 0.6 is 0 Å². The van der Waals surface area contributed by atoms with Crippen LogP contribution in [0.2, 0.25) is 0 Å². The average molecular weight is 225 g/mol. The van der Waals surface area contributed by atoms with Gasteiger partial charge in [0.15, 0.2) is 0 Å². The molecule has 0 unspecified atom stereocenters. The fourth-order valence-electron chi connectivity index (χ4n) is 2.55. The molecule has 2 aliphatic rings. The van der Waals surface area contributed by atoms with Crippen molar-refractivity contribution in [2.24, 2.45) is 11.8 Å². The second-order valence-electron chi connectivity index (χ2n) is 4.30. The highest BCUT2D eigenvalue weighted by Crippen LogP contribution is 2.45. The molecule has 1 N–H and O–H groups in total. The molecule has 1 saturated carbocycles. The predicted molar refractivity (Wildman–Crippen MR) is 55.9 cm³/mol. The Morgan fingerprint density at radius 2 is 2.25 bits per heavy atom. The third-order valence-corrected chi connectivity index (χ3v) is 3.46. The zero-order valence-corrected chi connectivity index (χ0v) is 8.96. The van der Waals surface area contributed by atoms with E-state index in [1.54, 1.807) is 0 Å². The van der Waals surface area contributed by atoms with Crippen LogP contribution in [-0.2, 0) is 9.53 Å². The number of rotatable bonds is 3. The van der Waals surface area contributed by atoms with Crippen molar-refractivity contribution in [3.8, 4) is 0 Å². The molecule has 2 fully saturated rings. The minimum atomic E-state index is -0.928. The first-order valence-corrected chi connectivity index (χ1v) is 5.42. The van der Waals surface area contributed by atoms with E-state index in [1.165, 1.54) is 11.0 Å². The second kappa shape index (κ2) is 4.15. The summed E-state index contributed by atoms with van der Waals surface area (Å²) in [6.07, 6.45) is 2.84. The summed E-state index contributed by atoms with van der Waals surface area (Å²) < 4.78 is 4.89. The van der Waals surface area contributed by atoms with Crippen molar-refractivity contribution in [1.82, 2.24) is 4.90 Å². The van der Waals surface area contributed by atoms with Gasteiger partial charge in [-0.2, -0.15) is 0 Å². The molecular formula is C11H15NO4. The van der Waals surface area contributed by atoms with Gasteiger partial charge in [0.25, 0.3) is 0 Å². The highest BCUT2D eigenvalue weighted by molar-refractivity contribution is 5.81. The molecule has 1 aliphatic carbocycles. The molecule has 0 aromatic rings. The first-order valence-electron chi connectivity index (χ1n) is 5.42. The largest absolute Gasteiger partial charge is 0.480 e. The van der Waals surface area contributed by atoms with Crippen molar-refractivity contribution in [2.75, 3.05) is 13.2 Å². The number of carbonyl (C=O) groups is 2. The summed E-state index contributed by atoms with van der Waals surface area (Å²) in [6.45, 7) is 4.08. The summed E-state index contributed by atoms with van der Waals surface area (Å²) in [5.41, 5.74) is 0. The number of hydrogen-bond donors (Lipinski definition) is 1. The average Bonchev–Trinajstić information content (AvgIpc) is 2.47. The summed E-state index contributed by atoms with van der Waals surface area (Å²) >= 11 is 0. The van der Waals surface area contributed by atoms with Crippen LogP contribution in [0.5, 0.6) is 0 Å². The van der Waals surface area contributed by atoms with E-state index in [2.05, 4.69) is 6.58 Å². The molecule has 5 nitrogen and oxygen atoms in total. The first kappa shape index (κ1) is 11.0. The van der Waals surface area contributed by atoms with E-state index in [9.17, 15) is 9.59 Å². The Labute approximate surface area is 93.7 Å². The number of hydrogen-bond acceptors (Lipinski definition) is 3. The fourth-order valence-corrected chi connectivity index (χ4v) is 2.55. The number of carboxylic acids is 1. The molecule has 0 bridgehead atoms. The highest BCUT2D eigenvalue weighted by Gasteiger charge is 2.52. The number of nitrogens with zero attached hydrogens (tertiary/aromatic N) is 1. The van der Waals surface area contributed by atoms with E-state index in [0.717, 1.165) is 12.8 Å².